The van der Waals surface area contributed by atoms with Gasteiger partial charge >= 0.3 is 6.18 Å². The molecule has 0 aliphatic carbocycles. The van der Waals surface area contributed by atoms with Gasteiger partial charge < -0.3 is 5.32 Å². The molecule has 136 valence electrons. The van der Waals surface area contributed by atoms with E-state index in [1.807, 2.05) is 6.07 Å². The first-order valence-electron chi connectivity index (χ1n) is 8.72. The van der Waals surface area contributed by atoms with E-state index in [2.05, 4.69) is 10.6 Å². The number of hydrogen-bond acceptors (Lipinski definition) is 2. The third kappa shape index (κ3) is 2.88. The smallest absolute Gasteiger partial charge is 0.354 e. The Bertz CT molecular complexity index is 849. The van der Waals surface area contributed by atoms with Gasteiger partial charge in [-0.15, -0.1) is 0 Å². The van der Waals surface area contributed by atoms with Crippen LogP contribution in [0.3, 0.4) is 0 Å². The predicted octanol–water partition coefficient (Wildman–Crippen LogP) is 4.06. The quantitative estimate of drug-likeness (QED) is 0.848. The lowest BCUT2D eigenvalue weighted by Crippen LogP contribution is -2.47. The van der Waals surface area contributed by atoms with Crippen LogP contribution in [0.1, 0.15) is 36.4 Å². The van der Waals surface area contributed by atoms with Gasteiger partial charge in [0.2, 0.25) is 5.91 Å². The fraction of sp³-hybridized carbons (Fsp3) is 0.350. The minimum Gasteiger partial charge on any atom is -0.354 e. The molecule has 2 heterocycles. The van der Waals surface area contributed by atoms with Crippen molar-refractivity contribution >= 4 is 5.91 Å². The fourth-order valence-electron chi connectivity index (χ4n) is 4.07. The molecule has 1 amide bonds. The Hall–Kier alpha value is -2.34. The zero-order chi connectivity index (χ0) is 18.4. The molecule has 2 saturated heterocycles. The van der Waals surface area contributed by atoms with Crippen molar-refractivity contribution in [2.75, 3.05) is 6.54 Å². The van der Waals surface area contributed by atoms with Crippen molar-refractivity contribution in [1.82, 2.24) is 10.6 Å². The van der Waals surface area contributed by atoms with Crippen molar-refractivity contribution < 1.29 is 18.0 Å². The van der Waals surface area contributed by atoms with E-state index < -0.39 is 17.3 Å². The van der Waals surface area contributed by atoms with Gasteiger partial charge in [-0.1, -0.05) is 36.4 Å². The average molecular weight is 360 g/mol. The van der Waals surface area contributed by atoms with Gasteiger partial charge in [-0.2, -0.15) is 13.2 Å². The summed E-state index contributed by atoms with van der Waals surface area (Å²) in [7, 11) is 0. The summed E-state index contributed by atoms with van der Waals surface area (Å²) in [5, 5.41) is 6.28. The molecule has 0 radical (unpaired) electrons. The summed E-state index contributed by atoms with van der Waals surface area (Å²) in [6.45, 7) is 0.664. The number of rotatable bonds is 2. The van der Waals surface area contributed by atoms with Crippen LogP contribution >= 0.6 is 0 Å². The lowest BCUT2D eigenvalue weighted by atomic mass is 9.94. The van der Waals surface area contributed by atoms with Gasteiger partial charge in [-0.3, -0.25) is 10.1 Å². The Morgan fingerprint density at radius 1 is 1.04 bits per heavy atom. The lowest BCUT2D eigenvalue weighted by molar-refractivity contribution is -0.137. The first-order valence-corrected chi connectivity index (χ1v) is 8.72. The zero-order valence-electron chi connectivity index (χ0n) is 14.1. The number of benzene rings is 2. The fourth-order valence-corrected chi connectivity index (χ4v) is 4.07. The first-order chi connectivity index (χ1) is 12.4. The molecular formula is C20H19F3N2O. The van der Waals surface area contributed by atoms with Gasteiger partial charge in [0, 0.05) is 12.6 Å². The minimum atomic E-state index is -4.40. The van der Waals surface area contributed by atoms with Crippen LogP contribution < -0.4 is 10.6 Å². The van der Waals surface area contributed by atoms with Crippen LogP contribution in [0.4, 0.5) is 13.2 Å². The van der Waals surface area contributed by atoms with Gasteiger partial charge in [0.25, 0.3) is 0 Å². The summed E-state index contributed by atoms with van der Waals surface area (Å²) in [5.74, 6) is 0.0265. The van der Waals surface area contributed by atoms with E-state index in [9.17, 15) is 18.0 Å². The molecule has 4 rings (SSSR count). The standard InChI is InChI=1S/C20H19F3N2O/c21-20(22,23)16-7-2-1-6-15(16)13-4-3-5-14(12-13)17-8-9-19(25-17)10-11-24-18(19)26/h1-7,12,17,25H,8-11H2,(H,24,26)/t17-,19-/m1/s1. The maximum absolute atomic E-state index is 13.3. The highest BCUT2D eigenvalue weighted by atomic mass is 19.4. The summed E-state index contributed by atoms with van der Waals surface area (Å²) in [4.78, 5) is 12.1. The summed E-state index contributed by atoms with van der Waals surface area (Å²) in [6.07, 6.45) is -2.12. The van der Waals surface area contributed by atoms with Crippen LogP contribution in [0.25, 0.3) is 11.1 Å². The average Bonchev–Trinajstić information content (AvgIpc) is 3.22. The summed E-state index contributed by atoms with van der Waals surface area (Å²) in [6, 6.07) is 12.8. The largest absolute Gasteiger partial charge is 0.417 e. The Balaban J connectivity index is 1.66. The number of alkyl halides is 3. The van der Waals surface area contributed by atoms with Gasteiger partial charge in [-0.25, -0.2) is 0 Å². The van der Waals surface area contributed by atoms with Crippen LogP contribution in [0, 0.1) is 0 Å². The third-order valence-corrected chi connectivity index (χ3v) is 5.41. The minimum absolute atomic E-state index is 0.0265. The molecule has 2 atom stereocenters. The second kappa shape index (κ2) is 6.13. The number of halogens is 3. The second-order valence-corrected chi connectivity index (χ2v) is 6.99. The number of carbonyl (C=O) groups is 1. The van der Waals surface area contributed by atoms with E-state index in [4.69, 9.17) is 0 Å². The Labute approximate surface area is 149 Å². The predicted molar refractivity (Wildman–Crippen MR) is 92.3 cm³/mol. The van der Waals surface area contributed by atoms with Crippen LogP contribution in [-0.4, -0.2) is 18.0 Å². The number of nitrogens with one attached hydrogen (secondary N) is 2. The van der Waals surface area contributed by atoms with E-state index in [0.717, 1.165) is 30.9 Å². The molecule has 6 heteroatoms. The van der Waals surface area contributed by atoms with Crippen molar-refractivity contribution in [2.45, 2.75) is 37.0 Å². The van der Waals surface area contributed by atoms with Crippen LogP contribution in [0.15, 0.2) is 48.5 Å². The van der Waals surface area contributed by atoms with Gasteiger partial charge in [0.1, 0.15) is 5.54 Å². The zero-order valence-corrected chi connectivity index (χ0v) is 14.1. The van der Waals surface area contributed by atoms with E-state index in [0.29, 0.717) is 12.1 Å². The van der Waals surface area contributed by atoms with Crippen LogP contribution in [-0.2, 0) is 11.0 Å². The van der Waals surface area contributed by atoms with E-state index in [1.54, 1.807) is 24.3 Å². The summed E-state index contributed by atoms with van der Waals surface area (Å²) in [5.41, 5.74) is 0.464. The second-order valence-electron chi connectivity index (χ2n) is 6.99. The highest BCUT2D eigenvalue weighted by molar-refractivity contribution is 5.88. The van der Waals surface area contributed by atoms with Crippen molar-refractivity contribution in [1.29, 1.82) is 0 Å². The molecule has 2 fully saturated rings. The monoisotopic (exact) mass is 360 g/mol. The van der Waals surface area contributed by atoms with Gasteiger partial charge in [0.15, 0.2) is 0 Å². The third-order valence-electron chi connectivity index (χ3n) is 5.41. The van der Waals surface area contributed by atoms with Crippen molar-refractivity contribution in [2.24, 2.45) is 0 Å². The molecule has 0 unspecified atom stereocenters. The van der Waals surface area contributed by atoms with Crippen molar-refractivity contribution in [3.8, 4) is 11.1 Å². The van der Waals surface area contributed by atoms with Crippen LogP contribution in [0.5, 0.6) is 0 Å². The molecule has 2 aromatic carbocycles. The molecular weight excluding hydrogens is 341 g/mol. The lowest BCUT2D eigenvalue weighted by Gasteiger charge is -2.22. The normalized spacial score (nSPS) is 25.7. The van der Waals surface area contributed by atoms with E-state index >= 15 is 0 Å². The maximum atomic E-state index is 13.3. The molecule has 2 N–H and O–H groups in total. The highest BCUT2D eigenvalue weighted by Crippen LogP contribution is 2.40. The molecule has 26 heavy (non-hydrogen) atoms. The van der Waals surface area contributed by atoms with Crippen LogP contribution in [0.2, 0.25) is 0 Å². The summed E-state index contributed by atoms with van der Waals surface area (Å²) >= 11 is 0. The number of hydrogen-bond donors (Lipinski definition) is 2. The molecule has 0 aromatic heterocycles. The number of carbonyl (C=O) groups excluding carboxylic acids is 1. The van der Waals surface area contributed by atoms with Gasteiger partial charge in [-0.05, 0) is 48.1 Å². The maximum Gasteiger partial charge on any atom is 0.417 e. The van der Waals surface area contributed by atoms with E-state index in [1.165, 1.54) is 12.1 Å². The number of amides is 1. The molecule has 3 nitrogen and oxygen atoms in total. The molecule has 2 aliphatic rings. The van der Waals surface area contributed by atoms with Crippen molar-refractivity contribution in [3.05, 3.63) is 59.7 Å². The molecule has 2 aliphatic heterocycles. The Kier molecular flexibility index (Phi) is 4.03. The van der Waals surface area contributed by atoms with E-state index in [-0.39, 0.29) is 17.5 Å². The first kappa shape index (κ1) is 17.1. The Morgan fingerprint density at radius 3 is 2.58 bits per heavy atom. The SMILES string of the molecule is O=C1NCC[C@]12CC[C@H](c1cccc(-c3ccccc3C(F)(F)F)c1)N2. The molecule has 0 saturated carbocycles. The molecule has 0 bridgehead atoms. The topological polar surface area (TPSA) is 41.1 Å². The molecule has 2 aromatic rings. The molecule has 1 spiro atoms. The van der Waals surface area contributed by atoms with Crippen molar-refractivity contribution in [3.63, 3.8) is 0 Å². The highest BCUT2D eigenvalue weighted by Gasteiger charge is 2.47. The summed E-state index contributed by atoms with van der Waals surface area (Å²) < 4.78 is 40.0. The van der Waals surface area contributed by atoms with Gasteiger partial charge in [0.05, 0.1) is 5.56 Å². The Morgan fingerprint density at radius 2 is 1.85 bits per heavy atom.